The van der Waals surface area contributed by atoms with Crippen LogP contribution in [0.4, 0.5) is 0 Å². The summed E-state index contributed by atoms with van der Waals surface area (Å²) in [4.78, 5) is 0. The maximum absolute atomic E-state index is 5.22. The van der Waals surface area contributed by atoms with Gasteiger partial charge in [-0.25, -0.2) is 0 Å². The third-order valence-corrected chi connectivity index (χ3v) is 1.96. The molecule has 3 atom stereocenters. The Kier molecular flexibility index (Phi) is 0.571. The first-order chi connectivity index (χ1) is 3.36. The fourth-order valence-electron chi connectivity index (χ4n) is 1.48. The van der Waals surface area contributed by atoms with E-state index in [0.717, 1.165) is 5.92 Å². The van der Waals surface area contributed by atoms with Gasteiger partial charge in [0.15, 0.2) is 0 Å². The Morgan fingerprint density at radius 3 is 2.14 bits per heavy atom. The minimum absolute atomic E-state index is 0.690. The highest BCUT2D eigenvalue weighted by Gasteiger charge is 2.45. The number of ether oxygens (including phenoxy) is 1. The van der Waals surface area contributed by atoms with E-state index >= 15 is 0 Å². The summed E-state index contributed by atoms with van der Waals surface area (Å²) >= 11 is 0. The molecular formula is C6H10O. The Balaban J connectivity index is 2.02. The highest BCUT2D eigenvalue weighted by atomic mass is 16.6. The summed E-state index contributed by atoms with van der Waals surface area (Å²) in [7, 11) is 0. The molecule has 0 spiro atoms. The average molecular weight is 98.1 g/mol. The monoisotopic (exact) mass is 98.1 g/mol. The molecule has 0 N–H and O–H groups in total. The molecule has 1 nitrogen and oxygen atoms in total. The Hall–Kier alpha value is -0.0400. The lowest BCUT2D eigenvalue weighted by Gasteiger charge is -1.98. The molecule has 1 unspecified atom stereocenters. The molecule has 0 bridgehead atoms. The van der Waals surface area contributed by atoms with Crippen molar-refractivity contribution in [1.29, 1.82) is 0 Å². The van der Waals surface area contributed by atoms with Crippen LogP contribution in [0, 0.1) is 5.92 Å². The van der Waals surface area contributed by atoms with Gasteiger partial charge in [-0.1, -0.05) is 6.92 Å². The van der Waals surface area contributed by atoms with Gasteiger partial charge >= 0.3 is 0 Å². The highest BCUT2D eigenvalue weighted by molar-refractivity contribution is 4.93. The predicted molar refractivity (Wildman–Crippen MR) is 27.1 cm³/mol. The molecule has 1 aliphatic carbocycles. The number of rotatable bonds is 0. The van der Waals surface area contributed by atoms with Crippen molar-refractivity contribution in [2.45, 2.75) is 32.0 Å². The van der Waals surface area contributed by atoms with Gasteiger partial charge in [0.1, 0.15) is 0 Å². The molecular weight excluding hydrogens is 88.1 g/mol. The summed E-state index contributed by atoms with van der Waals surface area (Å²) in [6, 6.07) is 0. The van der Waals surface area contributed by atoms with E-state index in [1.54, 1.807) is 0 Å². The summed E-state index contributed by atoms with van der Waals surface area (Å²) in [5, 5.41) is 0. The van der Waals surface area contributed by atoms with Crippen LogP contribution < -0.4 is 0 Å². The topological polar surface area (TPSA) is 12.5 Å². The molecule has 0 aromatic heterocycles. The van der Waals surface area contributed by atoms with E-state index in [-0.39, 0.29) is 0 Å². The fourth-order valence-corrected chi connectivity index (χ4v) is 1.48. The van der Waals surface area contributed by atoms with Crippen molar-refractivity contribution >= 4 is 0 Å². The van der Waals surface area contributed by atoms with Crippen LogP contribution >= 0.6 is 0 Å². The Bertz CT molecular complexity index is 80.2. The van der Waals surface area contributed by atoms with Gasteiger partial charge in [-0.15, -0.1) is 0 Å². The second-order valence-corrected chi connectivity index (χ2v) is 2.79. The molecule has 40 valence electrons. The highest BCUT2D eigenvalue weighted by Crippen LogP contribution is 2.41. The number of epoxide rings is 1. The lowest BCUT2D eigenvalue weighted by atomic mass is 10.1. The molecule has 1 saturated carbocycles. The lowest BCUT2D eigenvalue weighted by molar-refractivity contribution is 0.283. The van der Waals surface area contributed by atoms with Crippen LogP contribution in [-0.4, -0.2) is 12.2 Å². The summed E-state index contributed by atoms with van der Waals surface area (Å²) in [6.07, 6.45) is 4.03. The quantitative estimate of drug-likeness (QED) is 0.414. The van der Waals surface area contributed by atoms with Crippen molar-refractivity contribution in [2.24, 2.45) is 5.92 Å². The van der Waals surface area contributed by atoms with E-state index in [4.69, 9.17) is 4.74 Å². The van der Waals surface area contributed by atoms with Gasteiger partial charge in [-0.2, -0.15) is 0 Å². The van der Waals surface area contributed by atoms with Crippen molar-refractivity contribution in [3.8, 4) is 0 Å². The Morgan fingerprint density at radius 1 is 1.29 bits per heavy atom. The number of hydrogen-bond donors (Lipinski definition) is 0. The molecule has 1 saturated heterocycles. The standard InChI is InChI=1S/C6H10O/c1-4-2-5-6(3-4)7-5/h4-6H,2-3H2,1H3/t4-,5+,6?/m1/s1. The second kappa shape index (κ2) is 1.03. The molecule has 0 radical (unpaired) electrons. The van der Waals surface area contributed by atoms with Crippen LogP contribution in [0.25, 0.3) is 0 Å². The van der Waals surface area contributed by atoms with Crippen molar-refractivity contribution in [1.82, 2.24) is 0 Å². The first kappa shape index (κ1) is 3.90. The van der Waals surface area contributed by atoms with Gasteiger partial charge in [-0.3, -0.25) is 0 Å². The van der Waals surface area contributed by atoms with Gasteiger partial charge in [0, 0.05) is 0 Å². The van der Waals surface area contributed by atoms with Gasteiger partial charge in [0.05, 0.1) is 12.2 Å². The molecule has 0 amide bonds. The first-order valence-electron chi connectivity index (χ1n) is 3.02. The van der Waals surface area contributed by atoms with Crippen LogP contribution in [0.5, 0.6) is 0 Å². The predicted octanol–water partition coefficient (Wildman–Crippen LogP) is 1.18. The van der Waals surface area contributed by atoms with Gasteiger partial charge in [0.25, 0.3) is 0 Å². The van der Waals surface area contributed by atoms with Crippen LogP contribution in [0.2, 0.25) is 0 Å². The van der Waals surface area contributed by atoms with Crippen LogP contribution in [0.15, 0.2) is 0 Å². The van der Waals surface area contributed by atoms with E-state index in [9.17, 15) is 0 Å². The van der Waals surface area contributed by atoms with Crippen molar-refractivity contribution in [3.05, 3.63) is 0 Å². The van der Waals surface area contributed by atoms with Crippen molar-refractivity contribution in [3.63, 3.8) is 0 Å². The van der Waals surface area contributed by atoms with E-state index in [1.807, 2.05) is 0 Å². The van der Waals surface area contributed by atoms with E-state index in [1.165, 1.54) is 12.8 Å². The summed E-state index contributed by atoms with van der Waals surface area (Å²) < 4.78 is 5.22. The van der Waals surface area contributed by atoms with E-state index in [2.05, 4.69) is 6.92 Å². The van der Waals surface area contributed by atoms with Crippen molar-refractivity contribution < 1.29 is 4.74 Å². The minimum atomic E-state index is 0.690. The third-order valence-electron chi connectivity index (χ3n) is 1.96. The maximum Gasteiger partial charge on any atom is 0.0844 e. The van der Waals surface area contributed by atoms with Crippen LogP contribution in [0.1, 0.15) is 19.8 Å². The molecule has 7 heavy (non-hydrogen) atoms. The molecule has 0 aromatic carbocycles. The van der Waals surface area contributed by atoms with Gasteiger partial charge in [0.2, 0.25) is 0 Å². The molecule has 1 heterocycles. The fraction of sp³-hybridized carbons (Fsp3) is 1.00. The molecule has 2 rings (SSSR count). The zero-order chi connectivity index (χ0) is 4.85. The van der Waals surface area contributed by atoms with Crippen LogP contribution in [-0.2, 0) is 4.74 Å². The number of hydrogen-bond acceptors (Lipinski definition) is 1. The Labute approximate surface area is 43.7 Å². The normalized spacial score (nSPS) is 57.0. The maximum atomic E-state index is 5.22. The molecule has 0 aromatic rings. The summed E-state index contributed by atoms with van der Waals surface area (Å²) in [6.45, 7) is 2.30. The Morgan fingerprint density at radius 2 is 1.86 bits per heavy atom. The number of fused-ring (bicyclic) bond motifs is 1. The summed E-state index contributed by atoms with van der Waals surface area (Å²) in [5.41, 5.74) is 0. The molecule has 1 heteroatoms. The smallest absolute Gasteiger partial charge is 0.0844 e. The second-order valence-electron chi connectivity index (χ2n) is 2.79. The third kappa shape index (κ3) is 0.480. The average Bonchev–Trinajstić information content (AvgIpc) is 2.15. The van der Waals surface area contributed by atoms with Gasteiger partial charge < -0.3 is 4.74 Å². The first-order valence-corrected chi connectivity index (χ1v) is 3.02. The molecule has 2 fully saturated rings. The van der Waals surface area contributed by atoms with E-state index < -0.39 is 0 Å². The largest absolute Gasteiger partial charge is 0.370 e. The van der Waals surface area contributed by atoms with Crippen molar-refractivity contribution in [2.75, 3.05) is 0 Å². The zero-order valence-electron chi connectivity index (χ0n) is 4.55. The van der Waals surface area contributed by atoms with Gasteiger partial charge in [-0.05, 0) is 18.8 Å². The summed E-state index contributed by atoms with van der Waals surface area (Å²) in [5.74, 6) is 0.948. The lowest BCUT2D eigenvalue weighted by Crippen LogP contribution is -1.90. The minimum Gasteiger partial charge on any atom is -0.370 e. The molecule has 2 aliphatic rings. The van der Waals surface area contributed by atoms with Crippen LogP contribution in [0.3, 0.4) is 0 Å². The molecule has 1 aliphatic heterocycles. The zero-order valence-corrected chi connectivity index (χ0v) is 4.55. The van der Waals surface area contributed by atoms with E-state index in [0.29, 0.717) is 12.2 Å². The SMILES string of the molecule is C[C@H]1CC2O[C@H]2C1.